The Balaban J connectivity index is 2.24. The number of aryl methyl sites for hydroxylation is 1. The summed E-state index contributed by atoms with van der Waals surface area (Å²) in [6, 6.07) is 10.0. The van der Waals surface area contributed by atoms with E-state index < -0.39 is 0 Å². The summed E-state index contributed by atoms with van der Waals surface area (Å²) < 4.78 is 5.35. The van der Waals surface area contributed by atoms with Gasteiger partial charge in [-0.2, -0.15) is 0 Å². The van der Waals surface area contributed by atoms with E-state index in [0.717, 1.165) is 9.92 Å². The van der Waals surface area contributed by atoms with Gasteiger partial charge in [-0.1, -0.05) is 30.0 Å². The third-order valence-corrected chi connectivity index (χ3v) is 3.74. The van der Waals surface area contributed by atoms with Gasteiger partial charge in [0.25, 0.3) is 0 Å². The Morgan fingerprint density at radius 1 is 1.30 bits per heavy atom. The highest BCUT2D eigenvalue weighted by Crippen LogP contribution is 2.29. The number of nitrogen functional groups attached to an aromatic ring is 1. The van der Waals surface area contributed by atoms with Crippen molar-refractivity contribution in [2.24, 2.45) is 5.84 Å². The SMILES string of the molecule is CCOCc1nc(NN)cc(Sc2ccccc2C)n1. The van der Waals surface area contributed by atoms with E-state index in [1.165, 1.54) is 5.56 Å². The van der Waals surface area contributed by atoms with E-state index in [1.54, 1.807) is 11.8 Å². The lowest BCUT2D eigenvalue weighted by Gasteiger charge is -2.08. The van der Waals surface area contributed by atoms with Gasteiger partial charge in [0.2, 0.25) is 0 Å². The zero-order chi connectivity index (χ0) is 14.4. The number of benzene rings is 1. The van der Waals surface area contributed by atoms with Gasteiger partial charge in [-0.15, -0.1) is 0 Å². The first-order valence-electron chi connectivity index (χ1n) is 6.38. The molecule has 6 heteroatoms. The number of hydrogen-bond donors (Lipinski definition) is 2. The second-order valence-electron chi connectivity index (χ2n) is 4.16. The Hall–Kier alpha value is -1.63. The molecule has 5 nitrogen and oxygen atoms in total. The first kappa shape index (κ1) is 14.8. The van der Waals surface area contributed by atoms with E-state index in [2.05, 4.69) is 34.5 Å². The smallest absolute Gasteiger partial charge is 0.157 e. The summed E-state index contributed by atoms with van der Waals surface area (Å²) in [5, 5.41) is 0.844. The normalized spacial score (nSPS) is 10.6. The summed E-state index contributed by atoms with van der Waals surface area (Å²) in [5.41, 5.74) is 3.78. The largest absolute Gasteiger partial charge is 0.374 e. The van der Waals surface area contributed by atoms with Gasteiger partial charge in [0, 0.05) is 17.6 Å². The summed E-state index contributed by atoms with van der Waals surface area (Å²) in [7, 11) is 0. The van der Waals surface area contributed by atoms with Crippen LogP contribution in [0.4, 0.5) is 5.82 Å². The van der Waals surface area contributed by atoms with Crippen LogP contribution in [0.25, 0.3) is 0 Å². The standard InChI is InChI=1S/C14H18N4OS/c1-3-19-9-13-16-12(18-15)8-14(17-13)20-11-7-5-4-6-10(11)2/h4-8H,3,9,15H2,1-2H3,(H,16,17,18). The fourth-order valence-corrected chi connectivity index (χ4v) is 2.56. The molecule has 106 valence electrons. The topological polar surface area (TPSA) is 73.1 Å². The minimum absolute atomic E-state index is 0.382. The lowest BCUT2D eigenvalue weighted by Crippen LogP contribution is -2.11. The van der Waals surface area contributed by atoms with Crippen LogP contribution in [0.15, 0.2) is 40.3 Å². The maximum Gasteiger partial charge on any atom is 0.157 e. The molecule has 0 spiro atoms. The van der Waals surface area contributed by atoms with Gasteiger partial charge in [-0.05, 0) is 25.5 Å². The molecule has 0 amide bonds. The molecule has 0 fully saturated rings. The molecule has 0 saturated heterocycles. The molecule has 2 rings (SSSR count). The van der Waals surface area contributed by atoms with Gasteiger partial charge in [-0.3, -0.25) is 0 Å². The number of hydrogen-bond acceptors (Lipinski definition) is 6. The molecule has 2 aromatic rings. The van der Waals surface area contributed by atoms with Gasteiger partial charge in [-0.25, -0.2) is 15.8 Å². The number of hydrazine groups is 1. The van der Waals surface area contributed by atoms with Crippen molar-refractivity contribution in [3.8, 4) is 0 Å². The second kappa shape index (κ2) is 7.23. The van der Waals surface area contributed by atoms with Gasteiger partial charge >= 0.3 is 0 Å². The van der Waals surface area contributed by atoms with Gasteiger partial charge in [0.15, 0.2) is 5.82 Å². The monoisotopic (exact) mass is 290 g/mol. The Labute approximate surface area is 122 Å². The number of nitrogens with one attached hydrogen (secondary N) is 1. The molecule has 0 radical (unpaired) electrons. The minimum Gasteiger partial charge on any atom is -0.374 e. The molecule has 0 unspecified atom stereocenters. The fourth-order valence-electron chi connectivity index (χ4n) is 1.64. The van der Waals surface area contributed by atoms with Crippen molar-refractivity contribution in [2.45, 2.75) is 30.4 Å². The Morgan fingerprint density at radius 3 is 2.80 bits per heavy atom. The van der Waals surface area contributed by atoms with Crippen molar-refractivity contribution in [3.05, 3.63) is 41.7 Å². The van der Waals surface area contributed by atoms with Crippen LogP contribution in [0.3, 0.4) is 0 Å². The quantitative estimate of drug-likeness (QED) is 0.484. The van der Waals surface area contributed by atoms with Crippen LogP contribution in [-0.2, 0) is 11.3 Å². The van der Waals surface area contributed by atoms with Crippen molar-refractivity contribution >= 4 is 17.6 Å². The molecule has 1 aromatic heterocycles. The van der Waals surface area contributed by atoms with Crippen LogP contribution >= 0.6 is 11.8 Å². The van der Waals surface area contributed by atoms with E-state index >= 15 is 0 Å². The third-order valence-electron chi connectivity index (χ3n) is 2.64. The lowest BCUT2D eigenvalue weighted by atomic mass is 10.2. The predicted molar refractivity (Wildman–Crippen MR) is 80.5 cm³/mol. The summed E-state index contributed by atoms with van der Waals surface area (Å²) in [4.78, 5) is 9.92. The van der Waals surface area contributed by atoms with Crippen LogP contribution in [-0.4, -0.2) is 16.6 Å². The van der Waals surface area contributed by atoms with Gasteiger partial charge < -0.3 is 10.2 Å². The molecule has 0 saturated carbocycles. The number of nitrogens with zero attached hydrogens (tertiary/aromatic N) is 2. The molecule has 1 aromatic carbocycles. The summed E-state index contributed by atoms with van der Waals surface area (Å²) in [6.45, 7) is 5.03. The number of aromatic nitrogens is 2. The van der Waals surface area contributed by atoms with Crippen LogP contribution in [0.1, 0.15) is 18.3 Å². The fraction of sp³-hybridized carbons (Fsp3) is 0.286. The predicted octanol–water partition coefficient (Wildman–Crippen LogP) is 2.76. The molecular weight excluding hydrogens is 272 g/mol. The highest BCUT2D eigenvalue weighted by Gasteiger charge is 2.07. The average Bonchev–Trinajstić information content (AvgIpc) is 2.47. The number of rotatable bonds is 6. The van der Waals surface area contributed by atoms with E-state index in [-0.39, 0.29) is 0 Å². The van der Waals surface area contributed by atoms with Crippen molar-refractivity contribution in [1.82, 2.24) is 9.97 Å². The molecule has 0 aliphatic heterocycles. The number of ether oxygens (including phenoxy) is 1. The molecular formula is C14H18N4OS. The van der Waals surface area contributed by atoms with E-state index in [1.807, 2.05) is 25.1 Å². The molecule has 3 N–H and O–H groups in total. The average molecular weight is 290 g/mol. The maximum atomic E-state index is 5.45. The highest BCUT2D eigenvalue weighted by atomic mass is 32.2. The summed E-state index contributed by atoms with van der Waals surface area (Å²) >= 11 is 1.59. The minimum atomic E-state index is 0.382. The van der Waals surface area contributed by atoms with Crippen LogP contribution < -0.4 is 11.3 Å². The summed E-state index contributed by atoms with van der Waals surface area (Å²) in [6.07, 6.45) is 0. The molecule has 0 aliphatic rings. The van der Waals surface area contributed by atoms with E-state index in [4.69, 9.17) is 10.6 Å². The molecule has 1 heterocycles. The van der Waals surface area contributed by atoms with E-state index in [9.17, 15) is 0 Å². The zero-order valence-electron chi connectivity index (χ0n) is 11.6. The lowest BCUT2D eigenvalue weighted by molar-refractivity contribution is 0.128. The number of nitrogens with two attached hydrogens (primary N) is 1. The molecule has 20 heavy (non-hydrogen) atoms. The van der Waals surface area contributed by atoms with Crippen molar-refractivity contribution in [3.63, 3.8) is 0 Å². The highest BCUT2D eigenvalue weighted by molar-refractivity contribution is 7.99. The Morgan fingerprint density at radius 2 is 2.10 bits per heavy atom. The Bertz CT molecular complexity index is 577. The maximum absolute atomic E-state index is 5.45. The Kier molecular flexibility index (Phi) is 5.34. The zero-order valence-corrected chi connectivity index (χ0v) is 12.4. The van der Waals surface area contributed by atoms with Crippen LogP contribution in [0.2, 0.25) is 0 Å². The first-order chi connectivity index (χ1) is 9.72. The van der Waals surface area contributed by atoms with Gasteiger partial charge in [0.1, 0.15) is 17.5 Å². The molecule has 0 aliphatic carbocycles. The third kappa shape index (κ3) is 3.93. The molecule has 0 atom stereocenters. The van der Waals surface area contributed by atoms with Crippen LogP contribution in [0.5, 0.6) is 0 Å². The van der Waals surface area contributed by atoms with Crippen molar-refractivity contribution in [2.75, 3.05) is 12.0 Å². The van der Waals surface area contributed by atoms with Crippen LogP contribution in [0, 0.1) is 6.92 Å². The summed E-state index contributed by atoms with van der Waals surface area (Å²) in [5.74, 6) is 6.66. The number of anilines is 1. The van der Waals surface area contributed by atoms with E-state index in [0.29, 0.717) is 24.9 Å². The van der Waals surface area contributed by atoms with Gasteiger partial charge in [0.05, 0.1) is 0 Å². The first-order valence-corrected chi connectivity index (χ1v) is 7.20. The molecule has 0 bridgehead atoms. The second-order valence-corrected chi connectivity index (χ2v) is 5.22. The van der Waals surface area contributed by atoms with Crippen molar-refractivity contribution in [1.29, 1.82) is 0 Å². The van der Waals surface area contributed by atoms with Crippen molar-refractivity contribution < 1.29 is 4.74 Å².